The number of thiazole rings is 1. The van der Waals surface area contributed by atoms with Gasteiger partial charge >= 0.3 is 5.97 Å². The molecule has 4 aliphatic rings. The van der Waals surface area contributed by atoms with Gasteiger partial charge < -0.3 is 34.1 Å². The first-order chi connectivity index (χ1) is 30.7. The Kier molecular flexibility index (Phi) is 13.9. The molecule has 64 heavy (non-hydrogen) atoms. The number of hydrogen-bond donors (Lipinski definition) is 2. The summed E-state index contributed by atoms with van der Waals surface area (Å²) in [5, 5.41) is 5.32. The number of halogens is 1. The van der Waals surface area contributed by atoms with E-state index in [0.29, 0.717) is 58.8 Å². The van der Waals surface area contributed by atoms with E-state index in [0.717, 1.165) is 30.8 Å². The third-order valence-corrected chi connectivity index (χ3v) is 16.7. The maximum absolute atomic E-state index is 15.2. The van der Waals surface area contributed by atoms with Crippen molar-refractivity contribution in [1.29, 1.82) is 0 Å². The van der Waals surface area contributed by atoms with Gasteiger partial charge in [-0.15, -0.1) is 11.3 Å². The number of anilines is 1. The second-order valence-electron chi connectivity index (χ2n) is 18.1. The summed E-state index contributed by atoms with van der Waals surface area (Å²) in [7, 11) is -2.68. The molecule has 0 spiro atoms. The van der Waals surface area contributed by atoms with Crippen LogP contribution >= 0.6 is 18.7 Å². The molecule has 2 aliphatic heterocycles. The summed E-state index contributed by atoms with van der Waals surface area (Å²) in [5.74, 6) is -2.19. The second-order valence-corrected chi connectivity index (χ2v) is 21.6. The first-order valence-electron chi connectivity index (χ1n) is 22.4. The average Bonchev–Trinajstić information content (AvgIpc) is 3.67. The maximum Gasteiger partial charge on any atom is 0.306 e. The number of fused-ring (bicyclic) bond motifs is 3. The van der Waals surface area contributed by atoms with Gasteiger partial charge in [0.2, 0.25) is 13.3 Å². The number of carbonyl (C=O) groups is 3. The summed E-state index contributed by atoms with van der Waals surface area (Å²) < 4.78 is 54.1. The van der Waals surface area contributed by atoms with Crippen LogP contribution in [0.5, 0.6) is 11.5 Å². The molecule has 3 fully saturated rings. The normalized spacial score (nSPS) is 25.8. The predicted octanol–water partition coefficient (Wildman–Crippen LogP) is 9.03. The molecule has 2 saturated carbocycles. The van der Waals surface area contributed by atoms with Crippen molar-refractivity contribution < 1.29 is 47.2 Å². The van der Waals surface area contributed by atoms with Gasteiger partial charge in [0.1, 0.15) is 35.2 Å². The summed E-state index contributed by atoms with van der Waals surface area (Å²) >= 11 is 1.46. The van der Waals surface area contributed by atoms with Gasteiger partial charge in [0.15, 0.2) is 10.9 Å². The Hall–Kier alpha value is -4.69. The number of Topliss-reactive ketones (excluding diaryl/α,β-unsaturated/α-hetero) is 1. The first-order valence-corrected chi connectivity index (χ1v) is 25.2. The van der Waals surface area contributed by atoms with Gasteiger partial charge in [-0.3, -0.25) is 18.9 Å². The van der Waals surface area contributed by atoms with E-state index in [-0.39, 0.29) is 56.5 Å². The van der Waals surface area contributed by atoms with Crippen LogP contribution in [0, 0.1) is 24.6 Å². The van der Waals surface area contributed by atoms with E-state index in [1.165, 1.54) is 22.3 Å². The SMILES string of the molecule is COc1ccc2c(O[C@@H]3C[C@H]4C(=O)C[C@]5(P(=O)(O)Cc6c(C)cccc6F)C[C@H]5/C=C\CCCOC[C@H](CC(=O)OC5CCCC5)C(=O)N4C3)cc(-c3csc(NC(C)C)n3)nc2c1. The fraction of sp³-hybridized carbons (Fsp3) is 0.521. The van der Waals surface area contributed by atoms with Crippen LogP contribution in [0.3, 0.4) is 0 Å². The quantitative estimate of drug-likeness (QED) is 0.0788. The van der Waals surface area contributed by atoms with Gasteiger partial charge in [-0.1, -0.05) is 24.3 Å². The Bertz CT molecular complexity index is 2440. The number of hydrogen-bond acceptors (Lipinski definition) is 12. The van der Waals surface area contributed by atoms with Crippen molar-refractivity contribution in [2.75, 3.05) is 32.2 Å². The number of aryl methyl sites for hydroxylation is 1. The monoisotopic (exact) mass is 916 g/mol. The van der Waals surface area contributed by atoms with Crippen LogP contribution in [0.4, 0.5) is 9.52 Å². The number of ether oxygens (including phenoxy) is 4. The van der Waals surface area contributed by atoms with Crippen LogP contribution in [-0.2, 0) is 34.6 Å². The van der Waals surface area contributed by atoms with Crippen LogP contribution in [0.25, 0.3) is 22.3 Å². The van der Waals surface area contributed by atoms with Crippen LogP contribution in [0.1, 0.15) is 89.2 Å². The number of carbonyl (C=O) groups excluding carboxylic acids is 3. The zero-order valence-electron chi connectivity index (χ0n) is 36.9. The largest absolute Gasteiger partial charge is 0.497 e. The number of nitrogens with one attached hydrogen (secondary N) is 1. The topological polar surface area (TPSA) is 166 Å². The standard InChI is InChI=1S/C48H58FN4O9PS/c1-29(2)50-47-52-41(28-64-47)40-22-44(36-17-16-34(59-4)20-39(36)51-40)61-35-21-42-43(54)24-48(63(57,58)27-37-30(3)11-10-15-38(37)49)23-32(48)12-6-5-9-18-60-26-31(46(56)53(42)25-35)19-45(55)62-33-13-7-8-14-33/h6,10-12,15-17,20,22,28-29,31-33,35,42H,5,7-9,13-14,18-19,21,23-27H2,1-4H3,(H,50,52)(H,57,58)/b12-6-/t31-,32+,35+,42-,48+/m0/s1. The van der Waals surface area contributed by atoms with Gasteiger partial charge in [-0.2, -0.15) is 0 Å². The molecule has 0 bridgehead atoms. The van der Waals surface area contributed by atoms with E-state index < -0.39 is 66.1 Å². The lowest BCUT2D eigenvalue weighted by Gasteiger charge is -2.30. The molecule has 342 valence electrons. The molecule has 2 aromatic carbocycles. The summed E-state index contributed by atoms with van der Waals surface area (Å²) in [5.41, 5.74) is 2.49. The van der Waals surface area contributed by atoms with Gasteiger partial charge in [-0.05, 0) is 95.4 Å². The van der Waals surface area contributed by atoms with Crippen LogP contribution in [-0.4, -0.2) is 93.7 Å². The van der Waals surface area contributed by atoms with Gasteiger partial charge in [0, 0.05) is 54.0 Å². The third kappa shape index (κ3) is 10.1. The van der Waals surface area contributed by atoms with E-state index in [4.69, 9.17) is 28.9 Å². The molecule has 2 aliphatic carbocycles. The number of rotatable bonds is 12. The molecule has 1 unspecified atom stereocenters. The summed E-state index contributed by atoms with van der Waals surface area (Å²) in [4.78, 5) is 66.5. The minimum absolute atomic E-state index is 0.000583. The molecule has 4 aromatic rings. The van der Waals surface area contributed by atoms with Crippen molar-refractivity contribution in [2.45, 2.75) is 121 Å². The number of allylic oxidation sites excluding steroid dienone is 2. The van der Waals surface area contributed by atoms with E-state index >= 15 is 4.39 Å². The van der Waals surface area contributed by atoms with Crippen molar-refractivity contribution in [2.24, 2.45) is 11.8 Å². The van der Waals surface area contributed by atoms with E-state index in [2.05, 4.69) is 5.32 Å². The van der Waals surface area contributed by atoms with E-state index in [1.807, 2.05) is 43.5 Å². The van der Waals surface area contributed by atoms with Crippen molar-refractivity contribution >= 4 is 52.4 Å². The van der Waals surface area contributed by atoms with Crippen molar-refractivity contribution in [3.63, 3.8) is 0 Å². The molecular formula is C48H58FN4O9PS. The number of aromatic nitrogens is 2. The fourth-order valence-electron chi connectivity index (χ4n) is 9.49. The Balaban J connectivity index is 1.14. The smallest absolute Gasteiger partial charge is 0.306 e. The number of methoxy groups -OCH3 is 1. The molecule has 16 heteroatoms. The fourth-order valence-corrected chi connectivity index (χ4v) is 13.0. The van der Waals surface area contributed by atoms with E-state index in [9.17, 15) is 23.8 Å². The molecule has 4 heterocycles. The zero-order valence-corrected chi connectivity index (χ0v) is 38.6. The molecule has 0 radical (unpaired) electrons. The summed E-state index contributed by atoms with van der Waals surface area (Å²) in [6, 6.07) is 10.9. The molecular weight excluding hydrogens is 859 g/mol. The lowest BCUT2D eigenvalue weighted by molar-refractivity contribution is -0.155. The number of amides is 1. The zero-order chi connectivity index (χ0) is 45.2. The van der Waals surface area contributed by atoms with Crippen LogP contribution < -0.4 is 14.8 Å². The highest BCUT2D eigenvalue weighted by Crippen LogP contribution is 2.74. The highest BCUT2D eigenvalue weighted by Gasteiger charge is 2.65. The van der Waals surface area contributed by atoms with Gasteiger partial charge in [0.25, 0.3) is 0 Å². The third-order valence-electron chi connectivity index (χ3n) is 13.1. The second kappa shape index (κ2) is 19.4. The summed E-state index contributed by atoms with van der Waals surface area (Å²) in [6.45, 7) is 6.04. The predicted molar refractivity (Wildman–Crippen MR) is 243 cm³/mol. The Morgan fingerprint density at radius 3 is 2.69 bits per heavy atom. The van der Waals surface area contributed by atoms with Gasteiger partial charge in [0.05, 0.1) is 61.2 Å². The van der Waals surface area contributed by atoms with Gasteiger partial charge in [-0.25, -0.2) is 14.4 Å². The first kappa shape index (κ1) is 45.9. The molecule has 13 nitrogen and oxygen atoms in total. The number of nitrogens with zero attached hydrogens (tertiary/aromatic N) is 3. The number of benzene rings is 2. The van der Waals surface area contributed by atoms with Crippen molar-refractivity contribution in [1.82, 2.24) is 14.9 Å². The minimum Gasteiger partial charge on any atom is -0.497 e. The lowest BCUT2D eigenvalue weighted by atomic mass is 10.00. The molecule has 6 atom stereocenters. The van der Waals surface area contributed by atoms with Crippen molar-refractivity contribution in [3.05, 3.63) is 76.9 Å². The Morgan fingerprint density at radius 2 is 1.92 bits per heavy atom. The molecule has 2 N–H and O–H groups in total. The summed E-state index contributed by atoms with van der Waals surface area (Å²) in [6.07, 6.45) is 7.08. The average molecular weight is 917 g/mol. The van der Waals surface area contributed by atoms with Crippen LogP contribution in [0.2, 0.25) is 0 Å². The molecule has 2 aromatic heterocycles. The highest BCUT2D eigenvalue weighted by atomic mass is 32.1. The number of pyridine rings is 1. The number of esters is 1. The van der Waals surface area contributed by atoms with Crippen molar-refractivity contribution in [3.8, 4) is 22.9 Å². The highest BCUT2D eigenvalue weighted by molar-refractivity contribution is 7.59. The van der Waals surface area contributed by atoms with Crippen LogP contribution in [0.15, 0.2) is 60.0 Å². The Morgan fingerprint density at radius 1 is 1.11 bits per heavy atom. The number of ketones is 1. The lowest BCUT2D eigenvalue weighted by Crippen LogP contribution is -2.46. The minimum atomic E-state index is -4.25. The Labute approximate surface area is 377 Å². The van der Waals surface area contributed by atoms with E-state index in [1.54, 1.807) is 38.3 Å². The molecule has 8 rings (SSSR count). The molecule has 1 saturated heterocycles. The molecule has 1 amide bonds. The maximum atomic E-state index is 15.2.